The zero-order chi connectivity index (χ0) is 16.2. The van der Waals surface area contributed by atoms with Gasteiger partial charge in [-0.1, -0.05) is 6.07 Å². The Kier molecular flexibility index (Phi) is 5.01. The maximum absolute atomic E-state index is 5.54. The summed E-state index contributed by atoms with van der Waals surface area (Å²) in [6.45, 7) is 8.87. The van der Waals surface area contributed by atoms with E-state index in [1.54, 1.807) is 0 Å². The van der Waals surface area contributed by atoms with Gasteiger partial charge in [-0.2, -0.15) is 5.10 Å². The number of nitrogens with one attached hydrogen (secondary N) is 1. The first-order valence-electron chi connectivity index (χ1n) is 8.70. The highest BCUT2D eigenvalue weighted by Crippen LogP contribution is 2.29. The van der Waals surface area contributed by atoms with Gasteiger partial charge in [0.15, 0.2) is 0 Å². The van der Waals surface area contributed by atoms with Crippen LogP contribution in [-0.2, 0) is 17.6 Å². The molecule has 1 aromatic carbocycles. The number of hydrogen-bond acceptors (Lipinski definition) is 3. The van der Waals surface area contributed by atoms with E-state index in [4.69, 9.17) is 9.84 Å². The van der Waals surface area contributed by atoms with E-state index in [0.29, 0.717) is 0 Å². The van der Waals surface area contributed by atoms with Gasteiger partial charge >= 0.3 is 0 Å². The molecule has 2 heterocycles. The van der Waals surface area contributed by atoms with E-state index in [0.717, 1.165) is 38.3 Å². The van der Waals surface area contributed by atoms with Crippen LogP contribution in [0.2, 0.25) is 0 Å². The first-order valence-corrected chi connectivity index (χ1v) is 8.70. The van der Waals surface area contributed by atoms with Gasteiger partial charge in [-0.3, -0.25) is 0 Å². The minimum absolute atomic E-state index is 0.743. The number of benzene rings is 1. The molecule has 2 aromatic rings. The summed E-state index contributed by atoms with van der Waals surface area (Å²) < 4.78 is 7.63. The molecule has 0 aliphatic carbocycles. The van der Waals surface area contributed by atoms with E-state index in [9.17, 15) is 0 Å². The van der Waals surface area contributed by atoms with Crippen LogP contribution in [-0.4, -0.2) is 29.5 Å². The van der Waals surface area contributed by atoms with E-state index in [-0.39, 0.29) is 0 Å². The van der Waals surface area contributed by atoms with Gasteiger partial charge in [0, 0.05) is 25.1 Å². The van der Waals surface area contributed by atoms with Crippen molar-refractivity contribution in [2.45, 2.75) is 46.5 Å². The molecular weight excluding hydrogens is 286 g/mol. The normalized spacial score (nSPS) is 14.2. The smallest absolute Gasteiger partial charge is 0.133 e. The van der Waals surface area contributed by atoms with Crippen LogP contribution in [0.4, 0.5) is 5.82 Å². The van der Waals surface area contributed by atoms with Gasteiger partial charge in [-0.15, -0.1) is 0 Å². The van der Waals surface area contributed by atoms with Crippen molar-refractivity contribution in [2.75, 3.05) is 25.1 Å². The number of aryl methyl sites for hydroxylation is 2. The fraction of sp³-hybridized carbons (Fsp3) is 0.526. The summed E-state index contributed by atoms with van der Waals surface area (Å²) in [6, 6.07) is 6.56. The van der Waals surface area contributed by atoms with Crippen LogP contribution < -0.4 is 5.32 Å². The topological polar surface area (TPSA) is 39.1 Å². The summed E-state index contributed by atoms with van der Waals surface area (Å²) in [6.07, 6.45) is 4.43. The predicted octanol–water partition coefficient (Wildman–Crippen LogP) is 3.82. The van der Waals surface area contributed by atoms with Crippen LogP contribution in [0.5, 0.6) is 0 Å². The van der Waals surface area contributed by atoms with Crippen molar-refractivity contribution in [3.8, 4) is 5.69 Å². The Balaban J connectivity index is 1.99. The fourth-order valence-corrected chi connectivity index (χ4v) is 3.13. The van der Waals surface area contributed by atoms with Crippen LogP contribution in [0.3, 0.4) is 0 Å². The maximum atomic E-state index is 5.54. The summed E-state index contributed by atoms with van der Waals surface area (Å²) in [7, 11) is 0. The molecule has 0 atom stereocenters. The second-order valence-electron chi connectivity index (χ2n) is 6.29. The summed E-state index contributed by atoms with van der Waals surface area (Å²) in [5, 5.41) is 8.52. The summed E-state index contributed by atoms with van der Waals surface area (Å²) in [4.78, 5) is 0. The molecule has 23 heavy (non-hydrogen) atoms. The number of hydrogen-bond donors (Lipinski definition) is 1. The molecule has 1 N–H and O–H groups in total. The Morgan fingerprint density at radius 3 is 2.87 bits per heavy atom. The molecule has 4 heteroatoms. The molecule has 0 unspecified atom stereocenters. The Labute approximate surface area is 138 Å². The number of nitrogens with zero attached hydrogens (tertiary/aromatic N) is 2. The Bertz CT molecular complexity index is 675. The lowest BCUT2D eigenvalue weighted by atomic mass is 10.1. The molecule has 3 rings (SSSR count). The van der Waals surface area contributed by atoms with Gasteiger partial charge in [0.25, 0.3) is 0 Å². The van der Waals surface area contributed by atoms with Crippen LogP contribution in [0.15, 0.2) is 18.2 Å². The third-order valence-corrected chi connectivity index (χ3v) is 4.64. The van der Waals surface area contributed by atoms with Crippen LogP contribution in [0, 0.1) is 13.8 Å². The van der Waals surface area contributed by atoms with Gasteiger partial charge in [0.05, 0.1) is 18.0 Å². The Hall–Kier alpha value is -1.81. The predicted molar refractivity (Wildman–Crippen MR) is 94.7 cm³/mol. The lowest BCUT2D eigenvalue weighted by Crippen LogP contribution is -2.07. The quantitative estimate of drug-likeness (QED) is 0.853. The van der Waals surface area contributed by atoms with Crippen molar-refractivity contribution in [3.63, 3.8) is 0 Å². The number of rotatable bonds is 5. The molecule has 0 spiro atoms. The molecule has 0 fully saturated rings. The summed E-state index contributed by atoms with van der Waals surface area (Å²) >= 11 is 0. The van der Waals surface area contributed by atoms with Gasteiger partial charge in [0.1, 0.15) is 5.82 Å². The van der Waals surface area contributed by atoms with Gasteiger partial charge < -0.3 is 10.1 Å². The second-order valence-corrected chi connectivity index (χ2v) is 6.29. The van der Waals surface area contributed by atoms with Crippen molar-refractivity contribution < 1.29 is 4.74 Å². The Morgan fingerprint density at radius 2 is 2.09 bits per heavy atom. The van der Waals surface area contributed by atoms with E-state index in [1.165, 1.54) is 41.0 Å². The Morgan fingerprint density at radius 1 is 1.22 bits per heavy atom. The molecule has 0 saturated carbocycles. The fourth-order valence-electron chi connectivity index (χ4n) is 3.13. The van der Waals surface area contributed by atoms with Crippen molar-refractivity contribution in [3.05, 3.63) is 40.6 Å². The highest BCUT2D eigenvalue weighted by atomic mass is 16.5. The molecule has 1 aliphatic rings. The number of fused-ring (bicyclic) bond motifs is 1. The highest BCUT2D eigenvalue weighted by molar-refractivity contribution is 5.55. The van der Waals surface area contributed by atoms with Crippen molar-refractivity contribution >= 4 is 5.82 Å². The van der Waals surface area contributed by atoms with Gasteiger partial charge in [0.2, 0.25) is 0 Å². The minimum atomic E-state index is 0.743. The minimum Gasteiger partial charge on any atom is -0.381 e. The standard InChI is InChI=1S/C19H27N3O/c1-4-23-12-10-18-17-7-5-6-11-20-19(17)22(21-18)16-9-8-14(2)15(3)13-16/h8-9,13,20H,4-7,10-12H2,1-3H3. The average Bonchev–Trinajstić information content (AvgIpc) is 2.72. The lowest BCUT2D eigenvalue weighted by Gasteiger charge is -2.11. The highest BCUT2D eigenvalue weighted by Gasteiger charge is 2.20. The molecule has 1 aliphatic heterocycles. The average molecular weight is 313 g/mol. The van der Waals surface area contributed by atoms with Gasteiger partial charge in [-0.05, 0) is 63.3 Å². The van der Waals surface area contributed by atoms with Crippen LogP contribution in [0.25, 0.3) is 5.69 Å². The summed E-state index contributed by atoms with van der Waals surface area (Å²) in [5.41, 5.74) is 6.32. The van der Waals surface area contributed by atoms with E-state index < -0.39 is 0 Å². The number of anilines is 1. The van der Waals surface area contributed by atoms with Crippen LogP contribution in [0.1, 0.15) is 42.1 Å². The lowest BCUT2D eigenvalue weighted by molar-refractivity contribution is 0.150. The van der Waals surface area contributed by atoms with E-state index in [1.807, 2.05) is 6.92 Å². The monoisotopic (exact) mass is 313 g/mol. The zero-order valence-electron chi connectivity index (χ0n) is 14.5. The van der Waals surface area contributed by atoms with Crippen LogP contribution >= 0.6 is 0 Å². The summed E-state index contributed by atoms with van der Waals surface area (Å²) in [5.74, 6) is 1.18. The molecule has 0 saturated heterocycles. The van der Waals surface area contributed by atoms with Crippen molar-refractivity contribution in [1.82, 2.24) is 9.78 Å². The molecule has 1 aromatic heterocycles. The number of ether oxygens (including phenoxy) is 1. The van der Waals surface area contributed by atoms with Gasteiger partial charge in [-0.25, -0.2) is 4.68 Å². The number of aromatic nitrogens is 2. The first kappa shape index (κ1) is 16.1. The molecule has 0 bridgehead atoms. The molecule has 0 amide bonds. The molecule has 4 nitrogen and oxygen atoms in total. The SMILES string of the molecule is CCOCCc1nn(-c2ccc(C)c(C)c2)c2c1CCCCN2. The molecule has 0 radical (unpaired) electrons. The van der Waals surface area contributed by atoms with Crippen molar-refractivity contribution in [1.29, 1.82) is 0 Å². The van der Waals surface area contributed by atoms with E-state index in [2.05, 4.69) is 42.0 Å². The maximum Gasteiger partial charge on any atom is 0.133 e. The third-order valence-electron chi connectivity index (χ3n) is 4.64. The second kappa shape index (κ2) is 7.18. The van der Waals surface area contributed by atoms with Crippen molar-refractivity contribution in [2.24, 2.45) is 0 Å². The molecular formula is C19H27N3O. The van der Waals surface area contributed by atoms with E-state index >= 15 is 0 Å². The largest absolute Gasteiger partial charge is 0.381 e. The third kappa shape index (κ3) is 3.42. The zero-order valence-corrected chi connectivity index (χ0v) is 14.5. The first-order chi connectivity index (χ1) is 11.2. The molecule has 124 valence electrons.